The van der Waals surface area contributed by atoms with Gasteiger partial charge in [0.15, 0.2) is 0 Å². The Bertz CT molecular complexity index is 1900. The molecule has 2 fully saturated rings. The lowest BCUT2D eigenvalue weighted by Gasteiger charge is -2.39. The summed E-state index contributed by atoms with van der Waals surface area (Å²) in [6, 6.07) is 16.1. The van der Waals surface area contributed by atoms with E-state index in [2.05, 4.69) is 15.3 Å². The summed E-state index contributed by atoms with van der Waals surface area (Å²) in [5.74, 6) is -5.69. The molecule has 1 aliphatic heterocycles. The normalized spacial score (nSPS) is 17.8. The zero-order valence-electron chi connectivity index (χ0n) is 24.6. The second kappa shape index (κ2) is 12.8. The van der Waals surface area contributed by atoms with Crippen molar-refractivity contribution in [2.45, 2.75) is 49.7 Å². The van der Waals surface area contributed by atoms with E-state index in [9.17, 15) is 28.4 Å². The van der Waals surface area contributed by atoms with Gasteiger partial charge in [-0.2, -0.15) is 5.26 Å². The molecule has 238 valence electrons. The Morgan fingerprint density at radius 2 is 1.81 bits per heavy atom. The number of nitrogens with one attached hydrogen (secondary N) is 1. The number of carbonyl (C=O) groups is 3. The highest BCUT2D eigenvalue weighted by molar-refractivity contribution is 6.31. The highest BCUT2D eigenvalue weighted by Gasteiger charge is 2.48. The molecule has 1 N–H and O–H groups in total. The van der Waals surface area contributed by atoms with E-state index >= 15 is 4.39 Å². The lowest BCUT2D eigenvalue weighted by molar-refractivity contribution is -0.133. The lowest BCUT2D eigenvalue weighted by atomic mass is 9.87. The number of halogens is 4. The van der Waals surface area contributed by atoms with Gasteiger partial charge in [-0.05, 0) is 55.0 Å². The third-order valence-electron chi connectivity index (χ3n) is 8.12. The molecule has 9 nitrogen and oxygen atoms in total. The number of anilines is 2. The Hall–Kier alpha value is -5.28. The van der Waals surface area contributed by atoms with Crippen LogP contribution in [0.1, 0.15) is 42.9 Å². The number of alkyl halides is 2. The van der Waals surface area contributed by atoms with Crippen LogP contribution in [-0.4, -0.2) is 45.7 Å². The van der Waals surface area contributed by atoms with Crippen molar-refractivity contribution in [1.29, 1.82) is 5.26 Å². The van der Waals surface area contributed by atoms with Crippen LogP contribution >= 0.6 is 11.6 Å². The van der Waals surface area contributed by atoms with Gasteiger partial charge >= 0.3 is 0 Å². The zero-order chi connectivity index (χ0) is 33.3. The number of nitriles is 1. The Kier molecular flexibility index (Phi) is 8.66. The molecule has 1 aliphatic carbocycles. The van der Waals surface area contributed by atoms with Gasteiger partial charge < -0.3 is 5.32 Å². The van der Waals surface area contributed by atoms with Crippen molar-refractivity contribution >= 4 is 40.8 Å². The van der Waals surface area contributed by atoms with Gasteiger partial charge in [0.05, 0.1) is 17.3 Å². The minimum Gasteiger partial charge on any atom is -0.351 e. The molecule has 0 bridgehead atoms. The number of pyridine rings is 2. The fourth-order valence-corrected chi connectivity index (χ4v) is 6.16. The van der Waals surface area contributed by atoms with Gasteiger partial charge in [-0.3, -0.25) is 29.2 Å². The highest BCUT2D eigenvalue weighted by Crippen LogP contribution is 2.40. The van der Waals surface area contributed by atoms with Gasteiger partial charge in [0, 0.05) is 59.5 Å². The first kappa shape index (κ1) is 31.7. The summed E-state index contributed by atoms with van der Waals surface area (Å²) < 4.78 is 43.0. The van der Waals surface area contributed by atoms with Crippen molar-refractivity contribution in [2.75, 3.05) is 9.80 Å². The van der Waals surface area contributed by atoms with Crippen molar-refractivity contribution in [1.82, 2.24) is 15.3 Å². The maximum atomic E-state index is 15.4. The number of nitrogens with zero attached hydrogens (tertiary/aromatic N) is 5. The molecule has 3 amide bonds. The van der Waals surface area contributed by atoms with E-state index in [1.165, 1.54) is 48.8 Å². The van der Waals surface area contributed by atoms with E-state index in [1.54, 1.807) is 30.3 Å². The summed E-state index contributed by atoms with van der Waals surface area (Å²) >= 11 is 6.60. The minimum absolute atomic E-state index is 0.0146. The van der Waals surface area contributed by atoms with Crippen molar-refractivity contribution < 1.29 is 27.6 Å². The lowest BCUT2D eigenvalue weighted by Crippen LogP contribution is -2.56. The summed E-state index contributed by atoms with van der Waals surface area (Å²) in [5.41, 5.74) is 0.959. The van der Waals surface area contributed by atoms with Crippen LogP contribution in [0.4, 0.5) is 24.7 Å². The number of carbonyl (C=O) groups excluding carboxylic acids is 3. The number of rotatable bonds is 8. The quantitative estimate of drug-likeness (QED) is 0.248. The molecule has 4 aromatic rings. The number of benzene rings is 2. The number of amides is 3. The maximum Gasteiger partial charge on any atom is 0.252 e. The van der Waals surface area contributed by atoms with E-state index in [0.717, 1.165) is 15.9 Å². The van der Waals surface area contributed by atoms with Crippen molar-refractivity contribution in [3.63, 3.8) is 0 Å². The third kappa shape index (κ3) is 6.53. The molecule has 1 saturated heterocycles. The molecule has 2 atom stereocenters. The fourth-order valence-electron chi connectivity index (χ4n) is 5.92. The first-order valence-electron chi connectivity index (χ1n) is 14.7. The average molecular weight is 659 g/mol. The van der Waals surface area contributed by atoms with Gasteiger partial charge in [0.2, 0.25) is 11.8 Å². The molecular weight excluding hydrogens is 633 g/mol. The molecule has 0 radical (unpaired) electrons. The molecule has 47 heavy (non-hydrogen) atoms. The van der Waals surface area contributed by atoms with Crippen LogP contribution in [0.15, 0.2) is 85.2 Å². The number of aromatic nitrogens is 2. The molecule has 1 unspecified atom stereocenters. The summed E-state index contributed by atoms with van der Waals surface area (Å²) in [5, 5.41) is 12.1. The van der Waals surface area contributed by atoms with Crippen LogP contribution in [0.25, 0.3) is 11.3 Å². The predicted molar refractivity (Wildman–Crippen MR) is 167 cm³/mol. The summed E-state index contributed by atoms with van der Waals surface area (Å²) in [7, 11) is 0. The van der Waals surface area contributed by atoms with Crippen LogP contribution < -0.4 is 15.1 Å². The molecule has 3 heterocycles. The Morgan fingerprint density at radius 1 is 1.04 bits per heavy atom. The second-order valence-corrected chi connectivity index (χ2v) is 11.8. The van der Waals surface area contributed by atoms with Crippen molar-refractivity contribution in [2.24, 2.45) is 0 Å². The first-order chi connectivity index (χ1) is 22.5. The SMILES string of the molecule is N#Cc1ccnc(N2C(=O)CC[C@H]2C(=O)N(c2cc(F)cc(-c3ccccn3)c2)C(C(=O)NC2CC(F)(F)C2)c2ccccc2Cl)c1. The molecular formula is C34H26ClF3N6O3. The van der Waals surface area contributed by atoms with Gasteiger partial charge in [-0.15, -0.1) is 0 Å². The predicted octanol–water partition coefficient (Wildman–Crippen LogP) is 5.99. The number of hydrogen-bond donors (Lipinski definition) is 1. The van der Waals surface area contributed by atoms with Crippen LogP contribution in [0.2, 0.25) is 5.02 Å². The molecule has 2 aromatic carbocycles. The van der Waals surface area contributed by atoms with Crippen molar-refractivity contribution in [3.05, 3.63) is 107 Å². The molecule has 2 aliphatic rings. The highest BCUT2D eigenvalue weighted by atomic mass is 35.5. The first-order valence-corrected chi connectivity index (χ1v) is 15.1. The van der Waals surface area contributed by atoms with E-state index in [0.29, 0.717) is 5.69 Å². The Labute approximate surface area is 272 Å². The fraction of sp³-hybridized carbons (Fsp3) is 0.235. The van der Waals surface area contributed by atoms with Crippen molar-refractivity contribution in [3.8, 4) is 17.3 Å². The Balaban J connectivity index is 1.51. The van der Waals surface area contributed by atoms with E-state index in [4.69, 9.17) is 11.6 Å². The smallest absolute Gasteiger partial charge is 0.252 e. The zero-order valence-corrected chi connectivity index (χ0v) is 25.4. The summed E-state index contributed by atoms with van der Waals surface area (Å²) in [4.78, 5) is 52.9. The monoisotopic (exact) mass is 658 g/mol. The third-order valence-corrected chi connectivity index (χ3v) is 8.46. The van der Waals surface area contributed by atoms with Crippen LogP contribution in [0.5, 0.6) is 0 Å². The van der Waals surface area contributed by atoms with E-state index in [1.807, 2.05) is 6.07 Å². The molecule has 13 heteroatoms. The molecule has 0 spiro atoms. The van der Waals surface area contributed by atoms with Crippen LogP contribution in [-0.2, 0) is 14.4 Å². The molecule has 6 rings (SSSR count). The van der Waals surface area contributed by atoms with Crippen LogP contribution in [0, 0.1) is 17.1 Å². The minimum atomic E-state index is -2.94. The Morgan fingerprint density at radius 3 is 2.51 bits per heavy atom. The molecule has 2 aromatic heterocycles. The average Bonchev–Trinajstić information content (AvgIpc) is 3.44. The standard InChI is InChI=1S/C34H26ClF3N6O3/c35-26-6-2-1-5-25(26)31(32(46)42-23-17-34(37,38)18-23)43(24-15-21(14-22(36)16-24)27-7-3-4-11-40-27)33(47)28-8-9-30(45)44(28)29-13-20(19-39)10-12-41-29/h1-7,10-16,23,28,31H,8-9,17-18H2,(H,42,46)/t28-,31?/m0/s1. The second-order valence-electron chi connectivity index (χ2n) is 11.3. The van der Waals surface area contributed by atoms with E-state index in [-0.39, 0.29) is 46.1 Å². The van der Waals surface area contributed by atoms with Crippen LogP contribution in [0.3, 0.4) is 0 Å². The molecule has 1 saturated carbocycles. The number of hydrogen-bond acceptors (Lipinski definition) is 6. The van der Waals surface area contributed by atoms with Gasteiger partial charge in [-0.25, -0.2) is 18.2 Å². The maximum absolute atomic E-state index is 15.4. The summed E-state index contributed by atoms with van der Waals surface area (Å²) in [6.07, 6.45) is 1.64. The largest absolute Gasteiger partial charge is 0.351 e. The van der Waals surface area contributed by atoms with E-state index < -0.39 is 60.4 Å². The van der Waals surface area contributed by atoms with Gasteiger partial charge in [0.1, 0.15) is 23.7 Å². The topological polar surface area (TPSA) is 119 Å². The van der Waals surface area contributed by atoms with Gasteiger partial charge in [-0.1, -0.05) is 35.9 Å². The van der Waals surface area contributed by atoms with Gasteiger partial charge in [0.25, 0.3) is 11.8 Å². The summed E-state index contributed by atoms with van der Waals surface area (Å²) in [6.45, 7) is 0.